The fourth-order valence-electron chi connectivity index (χ4n) is 5.58. The summed E-state index contributed by atoms with van der Waals surface area (Å²) in [4.78, 5) is 14.7. The van der Waals surface area contributed by atoms with E-state index in [-0.39, 0.29) is 11.8 Å². The zero-order valence-electron chi connectivity index (χ0n) is 16.8. The Bertz CT molecular complexity index is 640. The standard InChI is InChI=1S/C23H35N3O/c1-26(19-10-3-2-4-11-19)16-18-9-7-8-17(14-18)15-22-20-12-5-6-13-21(20)23(27)25-24-22/h7-9,14,19-22,24H,2-6,10-13,15-16H2,1H3,(H,25,27). The van der Waals surface area contributed by atoms with Crippen LogP contribution in [0.25, 0.3) is 0 Å². The molecule has 2 N–H and O–H groups in total. The lowest BCUT2D eigenvalue weighted by Gasteiger charge is -2.41. The lowest BCUT2D eigenvalue weighted by Crippen LogP contribution is -2.60. The van der Waals surface area contributed by atoms with Crippen molar-refractivity contribution in [3.8, 4) is 0 Å². The van der Waals surface area contributed by atoms with Crippen LogP contribution in [0.2, 0.25) is 0 Å². The molecule has 1 heterocycles. The molecule has 0 spiro atoms. The summed E-state index contributed by atoms with van der Waals surface area (Å²) >= 11 is 0. The van der Waals surface area contributed by atoms with E-state index in [0.717, 1.165) is 25.4 Å². The average Bonchev–Trinajstić information content (AvgIpc) is 2.71. The number of fused-ring (bicyclic) bond motifs is 1. The van der Waals surface area contributed by atoms with Gasteiger partial charge in [-0.3, -0.25) is 15.1 Å². The number of hydrogen-bond donors (Lipinski definition) is 2. The van der Waals surface area contributed by atoms with E-state index in [4.69, 9.17) is 0 Å². The van der Waals surface area contributed by atoms with E-state index in [2.05, 4.69) is 47.1 Å². The van der Waals surface area contributed by atoms with Gasteiger partial charge in [-0.15, -0.1) is 0 Å². The van der Waals surface area contributed by atoms with Gasteiger partial charge in [0.05, 0.1) is 0 Å². The fraction of sp³-hybridized carbons (Fsp3) is 0.696. The minimum Gasteiger partial charge on any atom is -0.299 e. The van der Waals surface area contributed by atoms with Crippen molar-refractivity contribution in [2.45, 2.75) is 82.8 Å². The molecular formula is C23H35N3O. The summed E-state index contributed by atoms with van der Waals surface area (Å²) in [6.07, 6.45) is 12.6. The molecule has 0 radical (unpaired) electrons. The summed E-state index contributed by atoms with van der Waals surface area (Å²) in [7, 11) is 2.29. The highest BCUT2D eigenvalue weighted by atomic mass is 16.2. The van der Waals surface area contributed by atoms with Crippen LogP contribution >= 0.6 is 0 Å². The van der Waals surface area contributed by atoms with E-state index in [9.17, 15) is 4.79 Å². The lowest BCUT2D eigenvalue weighted by atomic mass is 9.72. The van der Waals surface area contributed by atoms with Crippen LogP contribution in [0.15, 0.2) is 24.3 Å². The summed E-state index contributed by atoms with van der Waals surface area (Å²) < 4.78 is 0. The van der Waals surface area contributed by atoms with E-state index in [1.807, 2.05) is 0 Å². The summed E-state index contributed by atoms with van der Waals surface area (Å²) in [6, 6.07) is 10.2. The van der Waals surface area contributed by atoms with Gasteiger partial charge in [0, 0.05) is 24.5 Å². The third-order valence-corrected chi connectivity index (χ3v) is 7.13. The molecule has 1 aromatic carbocycles. The molecule has 148 valence electrons. The van der Waals surface area contributed by atoms with Crippen LogP contribution in [0, 0.1) is 11.8 Å². The first-order valence-electron chi connectivity index (χ1n) is 11.0. The first-order chi connectivity index (χ1) is 13.2. The summed E-state index contributed by atoms with van der Waals surface area (Å²) in [6.45, 7) is 1.04. The smallest absolute Gasteiger partial charge is 0.237 e. The highest BCUT2D eigenvalue weighted by molar-refractivity contribution is 5.79. The van der Waals surface area contributed by atoms with Gasteiger partial charge in [0.2, 0.25) is 5.91 Å². The van der Waals surface area contributed by atoms with Gasteiger partial charge in [-0.05, 0) is 56.2 Å². The van der Waals surface area contributed by atoms with Gasteiger partial charge < -0.3 is 0 Å². The predicted molar refractivity (Wildman–Crippen MR) is 109 cm³/mol. The van der Waals surface area contributed by atoms with E-state index in [0.29, 0.717) is 12.0 Å². The Labute approximate surface area is 164 Å². The molecule has 3 unspecified atom stereocenters. The van der Waals surface area contributed by atoms with E-state index in [1.54, 1.807) is 0 Å². The van der Waals surface area contributed by atoms with Crippen molar-refractivity contribution in [3.05, 3.63) is 35.4 Å². The minimum absolute atomic E-state index is 0.207. The molecule has 2 saturated carbocycles. The van der Waals surface area contributed by atoms with Crippen molar-refractivity contribution >= 4 is 5.91 Å². The maximum Gasteiger partial charge on any atom is 0.237 e. The molecule has 3 aliphatic rings. The van der Waals surface area contributed by atoms with E-state index in [1.165, 1.54) is 62.5 Å². The van der Waals surface area contributed by atoms with Gasteiger partial charge in [-0.25, -0.2) is 5.43 Å². The number of amides is 1. The highest BCUT2D eigenvalue weighted by Gasteiger charge is 2.39. The molecule has 1 amide bonds. The Morgan fingerprint density at radius 2 is 1.74 bits per heavy atom. The van der Waals surface area contributed by atoms with Crippen molar-refractivity contribution in [1.82, 2.24) is 15.8 Å². The van der Waals surface area contributed by atoms with Crippen LogP contribution in [0.4, 0.5) is 0 Å². The molecule has 27 heavy (non-hydrogen) atoms. The molecule has 1 saturated heterocycles. The summed E-state index contributed by atoms with van der Waals surface area (Å²) in [5, 5.41) is 0. The SMILES string of the molecule is CN(Cc1cccc(CC2NNC(=O)C3CCCCC23)c1)C1CCCCC1. The van der Waals surface area contributed by atoms with Gasteiger partial charge in [0.1, 0.15) is 0 Å². The number of nitrogens with one attached hydrogen (secondary N) is 2. The van der Waals surface area contributed by atoms with E-state index >= 15 is 0 Å². The van der Waals surface area contributed by atoms with Crippen molar-refractivity contribution < 1.29 is 4.79 Å². The van der Waals surface area contributed by atoms with Gasteiger partial charge in [-0.2, -0.15) is 0 Å². The first kappa shape index (κ1) is 18.9. The van der Waals surface area contributed by atoms with Gasteiger partial charge in [-0.1, -0.05) is 56.4 Å². The molecule has 0 bridgehead atoms. The second-order valence-electron chi connectivity index (χ2n) is 9.03. The van der Waals surface area contributed by atoms with Crippen LogP contribution in [-0.4, -0.2) is 29.9 Å². The van der Waals surface area contributed by atoms with Gasteiger partial charge >= 0.3 is 0 Å². The number of hydrazine groups is 1. The molecule has 1 aromatic rings. The zero-order chi connectivity index (χ0) is 18.6. The maximum absolute atomic E-state index is 12.2. The monoisotopic (exact) mass is 369 g/mol. The topological polar surface area (TPSA) is 44.4 Å². The van der Waals surface area contributed by atoms with Crippen molar-refractivity contribution in [1.29, 1.82) is 0 Å². The number of hydrogen-bond acceptors (Lipinski definition) is 3. The molecule has 4 nitrogen and oxygen atoms in total. The summed E-state index contributed by atoms with van der Waals surface area (Å²) in [5.41, 5.74) is 9.07. The van der Waals surface area contributed by atoms with E-state index < -0.39 is 0 Å². The molecule has 4 rings (SSSR count). The average molecular weight is 370 g/mol. The fourth-order valence-corrected chi connectivity index (χ4v) is 5.58. The quantitative estimate of drug-likeness (QED) is 0.830. The number of carbonyl (C=O) groups is 1. The maximum atomic E-state index is 12.2. The van der Waals surface area contributed by atoms with Crippen LogP contribution in [0.1, 0.15) is 68.9 Å². The van der Waals surface area contributed by atoms with Crippen molar-refractivity contribution in [2.24, 2.45) is 11.8 Å². The normalized spacial score (nSPS) is 29.4. The predicted octanol–water partition coefficient (Wildman–Crippen LogP) is 3.80. The number of nitrogens with zero attached hydrogens (tertiary/aromatic N) is 1. The Kier molecular flexibility index (Phi) is 6.14. The number of benzene rings is 1. The van der Waals surface area contributed by atoms with Crippen LogP contribution in [0.3, 0.4) is 0 Å². The Morgan fingerprint density at radius 1 is 1.00 bits per heavy atom. The van der Waals surface area contributed by atoms with Crippen LogP contribution in [0.5, 0.6) is 0 Å². The van der Waals surface area contributed by atoms with Gasteiger partial charge in [0.25, 0.3) is 0 Å². The summed E-state index contributed by atoms with van der Waals surface area (Å²) in [5.74, 6) is 0.908. The van der Waals surface area contributed by atoms with Crippen molar-refractivity contribution in [3.63, 3.8) is 0 Å². The lowest BCUT2D eigenvalue weighted by molar-refractivity contribution is -0.133. The molecule has 0 aromatic heterocycles. The number of carbonyl (C=O) groups excluding carboxylic acids is 1. The molecular weight excluding hydrogens is 334 g/mol. The molecule has 4 heteroatoms. The number of rotatable bonds is 5. The second-order valence-corrected chi connectivity index (χ2v) is 9.03. The third kappa shape index (κ3) is 4.55. The second kappa shape index (κ2) is 8.74. The third-order valence-electron chi connectivity index (χ3n) is 7.13. The van der Waals surface area contributed by atoms with Crippen LogP contribution < -0.4 is 10.9 Å². The molecule has 3 fully saturated rings. The molecule has 2 aliphatic carbocycles. The zero-order valence-corrected chi connectivity index (χ0v) is 16.8. The van der Waals surface area contributed by atoms with Crippen molar-refractivity contribution in [2.75, 3.05) is 7.05 Å². The Hall–Kier alpha value is -1.39. The van der Waals surface area contributed by atoms with Gasteiger partial charge in [0.15, 0.2) is 0 Å². The Morgan fingerprint density at radius 3 is 2.59 bits per heavy atom. The molecule has 1 aliphatic heterocycles. The highest BCUT2D eigenvalue weighted by Crippen LogP contribution is 2.35. The minimum atomic E-state index is 0.207. The molecule has 3 atom stereocenters. The van der Waals surface area contributed by atoms with Crippen LogP contribution in [-0.2, 0) is 17.8 Å². The largest absolute Gasteiger partial charge is 0.299 e. The first-order valence-corrected chi connectivity index (χ1v) is 11.0. The Balaban J connectivity index is 1.39.